The third-order valence-corrected chi connectivity index (χ3v) is 4.22. The number of carbonyl (C=O) groups is 2. The molecule has 1 fully saturated rings. The van der Waals surface area contributed by atoms with Crippen molar-refractivity contribution in [2.75, 3.05) is 12.4 Å². The number of nitrogens with one attached hydrogen (secondary N) is 1. The summed E-state index contributed by atoms with van der Waals surface area (Å²) in [5.74, 6) is -0.262. The van der Waals surface area contributed by atoms with Crippen LogP contribution < -0.4 is 11.1 Å². The molecule has 0 aromatic heterocycles. The Morgan fingerprint density at radius 1 is 1.53 bits per heavy atom. The molecule has 1 saturated carbocycles. The van der Waals surface area contributed by atoms with Crippen LogP contribution in [0, 0.1) is 0 Å². The summed E-state index contributed by atoms with van der Waals surface area (Å²) in [6.45, 7) is 6.06. The number of rotatable bonds is 9. The molecule has 0 saturated heterocycles. The first-order valence-corrected chi connectivity index (χ1v) is 7.77. The number of carbonyl (C=O) groups excluding carboxylic acids is 2. The van der Waals surface area contributed by atoms with E-state index in [4.69, 9.17) is 10.5 Å². The molecule has 5 nitrogen and oxygen atoms in total. The average molecular weight is 288 g/mol. The predicted molar refractivity (Wildman–Crippen MR) is 76.9 cm³/mol. The van der Waals surface area contributed by atoms with Crippen LogP contribution in [0.5, 0.6) is 0 Å². The molecule has 1 aliphatic rings. The summed E-state index contributed by atoms with van der Waals surface area (Å²) < 4.78 is 5.16. The predicted octanol–water partition coefficient (Wildman–Crippen LogP) is 1.06. The molecule has 0 spiro atoms. The van der Waals surface area contributed by atoms with Gasteiger partial charge in [0, 0.05) is 11.3 Å². The van der Waals surface area contributed by atoms with Gasteiger partial charge in [0.15, 0.2) is 0 Å². The quantitative estimate of drug-likeness (QED) is 0.620. The molecule has 0 heterocycles. The first-order chi connectivity index (χ1) is 8.87. The third-order valence-electron chi connectivity index (χ3n) is 3.03. The lowest BCUT2D eigenvalue weighted by molar-refractivity contribution is -0.150. The number of thioether (sulfide) groups is 1. The molecular formula is C13H24N2O3S. The molecule has 0 aliphatic heterocycles. The number of hydrogen-bond acceptors (Lipinski definition) is 5. The van der Waals surface area contributed by atoms with E-state index in [1.54, 1.807) is 6.92 Å². The van der Waals surface area contributed by atoms with Gasteiger partial charge in [0.25, 0.3) is 0 Å². The van der Waals surface area contributed by atoms with Gasteiger partial charge in [-0.15, -0.1) is 11.8 Å². The van der Waals surface area contributed by atoms with Gasteiger partial charge >= 0.3 is 5.97 Å². The maximum atomic E-state index is 12.1. The number of hydrogen-bond donors (Lipinski definition) is 2. The highest BCUT2D eigenvalue weighted by atomic mass is 32.2. The summed E-state index contributed by atoms with van der Waals surface area (Å²) in [5.41, 5.74) is 4.46. The molecule has 0 aromatic carbocycles. The van der Waals surface area contributed by atoms with Gasteiger partial charge in [0.05, 0.1) is 12.4 Å². The zero-order valence-corrected chi connectivity index (χ0v) is 12.7. The van der Waals surface area contributed by atoms with Gasteiger partial charge in [-0.25, -0.2) is 0 Å². The zero-order valence-electron chi connectivity index (χ0n) is 11.9. The van der Waals surface area contributed by atoms with Gasteiger partial charge in [-0.3, -0.25) is 14.9 Å². The van der Waals surface area contributed by atoms with Gasteiger partial charge < -0.3 is 10.5 Å². The van der Waals surface area contributed by atoms with Gasteiger partial charge in [-0.1, -0.05) is 6.92 Å². The van der Waals surface area contributed by atoms with Crippen molar-refractivity contribution in [1.82, 2.24) is 5.32 Å². The SMILES string of the molecule is CCOC(=O)C(C)(CC(C)SCC(N)=O)NC1CC1. The van der Waals surface area contributed by atoms with Crippen molar-refractivity contribution in [1.29, 1.82) is 0 Å². The summed E-state index contributed by atoms with van der Waals surface area (Å²) in [4.78, 5) is 22.9. The summed E-state index contributed by atoms with van der Waals surface area (Å²) in [7, 11) is 0. The van der Waals surface area contributed by atoms with E-state index in [0.717, 1.165) is 12.8 Å². The van der Waals surface area contributed by atoms with E-state index < -0.39 is 5.54 Å². The number of amides is 1. The van der Waals surface area contributed by atoms with Crippen LogP contribution in [0.15, 0.2) is 0 Å². The minimum Gasteiger partial charge on any atom is -0.465 e. The smallest absolute Gasteiger partial charge is 0.326 e. The van der Waals surface area contributed by atoms with E-state index >= 15 is 0 Å². The molecular weight excluding hydrogens is 264 g/mol. The molecule has 0 radical (unpaired) electrons. The molecule has 1 amide bonds. The van der Waals surface area contributed by atoms with Crippen molar-refractivity contribution in [2.24, 2.45) is 5.73 Å². The molecule has 3 N–H and O–H groups in total. The van der Waals surface area contributed by atoms with E-state index in [0.29, 0.717) is 19.1 Å². The van der Waals surface area contributed by atoms with Gasteiger partial charge in [-0.2, -0.15) is 0 Å². The number of primary amides is 1. The lowest BCUT2D eigenvalue weighted by Crippen LogP contribution is -2.53. The topological polar surface area (TPSA) is 81.4 Å². The largest absolute Gasteiger partial charge is 0.465 e. The molecule has 110 valence electrons. The van der Waals surface area contributed by atoms with Crippen LogP contribution in [0.25, 0.3) is 0 Å². The molecule has 2 unspecified atom stereocenters. The first-order valence-electron chi connectivity index (χ1n) is 6.72. The maximum Gasteiger partial charge on any atom is 0.326 e. The lowest BCUT2D eigenvalue weighted by atomic mass is 9.95. The van der Waals surface area contributed by atoms with Crippen molar-refractivity contribution in [2.45, 2.75) is 56.9 Å². The number of esters is 1. The second-order valence-corrected chi connectivity index (χ2v) is 6.69. The standard InChI is InChI=1S/C13H24N2O3S/c1-4-18-12(17)13(3,15-10-5-6-10)7-9(2)19-8-11(14)16/h9-10,15H,4-8H2,1-3H3,(H2,14,16). The molecule has 2 atom stereocenters. The monoisotopic (exact) mass is 288 g/mol. The van der Waals surface area contributed by atoms with Crippen LogP contribution in [0.4, 0.5) is 0 Å². The Morgan fingerprint density at radius 3 is 2.63 bits per heavy atom. The van der Waals surface area contributed by atoms with Crippen molar-refractivity contribution in [3.63, 3.8) is 0 Å². The Kier molecular flexibility index (Phi) is 6.13. The summed E-state index contributed by atoms with van der Waals surface area (Å²) in [6, 6.07) is 0.419. The van der Waals surface area contributed by atoms with Crippen molar-refractivity contribution in [3.05, 3.63) is 0 Å². The van der Waals surface area contributed by atoms with E-state index in [2.05, 4.69) is 5.32 Å². The summed E-state index contributed by atoms with van der Waals surface area (Å²) in [6.07, 6.45) is 2.84. The molecule has 0 bridgehead atoms. The Labute approximate surface area is 119 Å². The highest BCUT2D eigenvalue weighted by Crippen LogP contribution is 2.28. The van der Waals surface area contributed by atoms with E-state index in [9.17, 15) is 9.59 Å². The number of nitrogens with two attached hydrogens (primary N) is 1. The highest BCUT2D eigenvalue weighted by molar-refractivity contribution is 8.00. The van der Waals surface area contributed by atoms with E-state index in [1.807, 2.05) is 13.8 Å². The van der Waals surface area contributed by atoms with Crippen LogP contribution in [0.1, 0.15) is 40.0 Å². The third kappa shape index (κ3) is 5.82. The number of ether oxygens (including phenoxy) is 1. The van der Waals surface area contributed by atoms with Crippen LogP contribution in [-0.4, -0.2) is 41.1 Å². The average Bonchev–Trinajstić information content (AvgIpc) is 3.10. The molecule has 19 heavy (non-hydrogen) atoms. The fourth-order valence-electron chi connectivity index (χ4n) is 2.03. The van der Waals surface area contributed by atoms with E-state index in [-0.39, 0.29) is 22.9 Å². The normalized spacial score (nSPS) is 19.5. The molecule has 6 heteroatoms. The summed E-state index contributed by atoms with van der Waals surface area (Å²) >= 11 is 1.47. The van der Waals surface area contributed by atoms with Crippen LogP contribution in [0.3, 0.4) is 0 Å². The van der Waals surface area contributed by atoms with Crippen molar-refractivity contribution in [3.8, 4) is 0 Å². The fraction of sp³-hybridized carbons (Fsp3) is 0.846. The summed E-state index contributed by atoms with van der Waals surface area (Å²) in [5, 5.41) is 3.53. The second-order valence-electron chi connectivity index (χ2n) is 5.26. The highest BCUT2D eigenvalue weighted by Gasteiger charge is 2.40. The molecule has 1 aliphatic carbocycles. The van der Waals surface area contributed by atoms with Crippen molar-refractivity contribution < 1.29 is 14.3 Å². The molecule has 0 aromatic rings. The second kappa shape index (κ2) is 7.14. The maximum absolute atomic E-state index is 12.1. The Bertz CT molecular complexity index is 334. The fourth-order valence-corrected chi connectivity index (χ4v) is 2.93. The molecule has 1 rings (SSSR count). The van der Waals surface area contributed by atoms with E-state index in [1.165, 1.54) is 11.8 Å². The Morgan fingerprint density at radius 2 is 2.16 bits per heavy atom. The van der Waals surface area contributed by atoms with Crippen LogP contribution in [-0.2, 0) is 14.3 Å². The van der Waals surface area contributed by atoms with Crippen LogP contribution in [0.2, 0.25) is 0 Å². The Hall–Kier alpha value is -0.750. The first kappa shape index (κ1) is 16.3. The van der Waals surface area contributed by atoms with Gasteiger partial charge in [0.2, 0.25) is 5.91 Å². The zero-order chi connectivity index (χ0) is 14.5. The minimum atomic E-state index is -0.679. The van der Waals surface area contributed by atoms with Crippen molar-refractivity contribution >= 4 is 23.6 Å². The van der Waals surface area contributed by atoms with Gasteiger partial charge in [0.1, 0.15) is 5.54 Å². The van der Waals surface area contributed by atoms with Crippen LogP contribution >= 0.6 is 11.8 Å². The minimum absolute atomic E-state index is 0.160. The Balaban J connectivity index is 2.56. The van der Waals surface area contributed by atoms with Gasteiger partial charge in [-0.05, 0) is 33.1 Å². The lowest BCUT2D eigenvalue weighted by Gasteiger charge is -2.31.